The molecule has 0 spiro atoms. The van der Waals surface area contributed by atoms with Gasteiger partial charge in [0.2, 0.25) is 12.7 Å². The van der Waals surface area contributed by atoms with E-state index < -0.39 is 0 Å². The Morgan fingerprint density at radius 1 is 1.21 bits per heavy atom. The highest BCUT2D eigenvalue weighted by atomic mass is 35.5. The minimum atomic E-state index is 0.260. The molecule has 2 aliphatic heterocycles. The molecule has 1 fully saturated rings. The number of ether oxygens (including phenoxy) is 2. The van der Waals surface area contributed by atoms with Gasteiger partial charge in [0.05, 0.1) is 0 Å². The van der Waals surface area contributed by atoms with E-state index in [4.69, 9.17) is 33.3 Å². The Morgan fingerprint density at radius 2 is 2.00 bits per heavy atom. The van der Waals surface area contributed by atoms with Gasteiger partial charge in [-0.15, -0.1) is 0 Å². The maximum Gasteiger partial charge on any atom is 0.232 e. The second-order valence-electron chi connectivity index (χ2n) is 7.04. The van der Waals surface area contributed by atoms with Gasteiger partial charge < -0.3 is 25.0 Å². The minimum absolute atomic E-state index is 0.260. The standard InChI is InChI=1S/C19H22ClN5O2S/c1-12-4-6-25(7-5-12)17-9-16(20)22-18(23-17)24-19(28)21-10-13-2-3-14-15(8-13)27-11-26-14/h2-3,8-9,12H,4-7,10-11H2,1H3,(H2,21,22,23,24,28). The lowest BCUT2D eigenvalue weighted by molar-refractivity contribution is 0.174. The number of nitrogens with zero attached hydrogens (tertiary/aromatic N) is 3. The third-order valence-electron chi connectivity index (χ3n) is 4.90. The van der Waals surface area contributed by atoms with Gasteiger partial charge in [0, 0.05) is 25.7 Å². The van der Waals surface area contributed by atoms with Crippen LogP contribution in [-0.2, 0) is 6.54 Å². The molecule has 7 nitrogen and oxygen atoms in total. The lowest BCUT2D eigenvalue weighted by Gasteiger charge is -2.31. The maximum absolute atomic E-state index is 6.20. The fraction of sp³-hybridized carbons (Fsp3) is 0.421. The van der Waals surface area contributed by atoms with Crippen LogP contribution in [0, 0.1) is 5.92 Å². The summed E-state index contributed by atoms with van der Waals surface area (Å²) in [5.74, 6) is 3.48. The van der Waals surface area contributed by atoms with Crippen molar-refractivity contribution < 1.29 is 9.47 Å². The number of aromatic nitrogens is 2. The van der Waals surface area contributed by atoms with Crippen LogP contribution in [-0.4, -0.2) is 35.0 Å². The number of hydrogen-bond donors (Lipinski definition) is 2. The highest BCUT2D eigenvalue weighted by Gasteiger charge is 2.18. The Kier molecular flexibility index (Phi) is 5.68. The third-order valence-corrected chi connectivity index (χ3v) is 5.34. The first-order valence-corrected chi connectivity index (χ1v) is 10.1. The average Bonchev–Trinajstić information content (AvgIpc) is 3.14. The van der Waals surface area contributed by atoms with Crippen molar-refractivity contribution in [3.63, 3.8) is 0 Å². The van der Waals surface area contributed by atoms with E-state index in [1.807, 2.05) is 18.2 Å². The van der Waals surface area contributed by atoms with E-state index in [-0.39, 0.29) is 6.79 Å². The molecule has 1 saturated heterocycles. The molecule has 2 aromatic rings. The molecule has 0 aliphatic carbocycles. The molecule has 4 rings (SSSR count). The Hall–Kier alpha value is -2.32. The van der Waals surface area contributed by atoms with Gasteiger partial charge in [-0.3, -0.25) is 0 Å². The number of thiocarbonyl (C=S) groups is 1. The Labute approximate surface area is 174 Å². The molecule has 148 valence electrons. The van der Waals surface area contributed by atoms with E-state index in [1.54, 1.807) is 6.07 Å². The predicted molar refractivity (Wildman–Crippen MR) is 113 cm³/mol. The molecule has 3 heterocycles. The quantitative estimate of drug-likeness (QED) is 0.575. The number of rotatable bonds is 4. The van der Waals surface area contributed by atoms with Crippen molar-refractivity contribution in [2.24, 2.45) is 5.92 Å². The SMILES string of the molecule is CC1CCN(c2cc(Cl)nc(NC(=S)NCc3ccc4c(c3)OCO4)n2)CC1. The van der Waals surface area contributed by atoms with Crippen LogP contribution in [0.5, 0.6) is 11.5 Å². The zero-order valence-corrected chi connectivity index (χ0v) is 17.1. The van der Waals surface area contributed by atoms with Gasteiger partial charge in [0.15, 0.2) is 16.6 Å². The molecule has 0 saturated carbocycles. The maximum atomic E-state index is 6.20. The van der Waals surface area contributed by atoms with Gasteiger partial charge in [-0.25, -0.2) is 4.98 Å². The molecular formula is C19H22ClN5O2S. The first-order valence-electron chi connectivity index (χ1n) is 9.30. The molecule has 1 aromatic carbocycles. The van der Waals surface area contributed by atoms with Crippen LogP contribution < -0.4 is 25.0 Å². The summed E-state index contributed by atoms with van der Waals surface area (Å²) in [7, 11) is 0. The van der Waals surface area contributed by atoms with Gasteiger partial charge in [0.1, 0.15) is 11.0 Å². The molecule has 2 aliphatic rings. The second kappa shape index (κ2) is 8.36. The van der Waals surface area contributed by atoms with Crippen LogP contribution in [0.25, 0.3) is 0 Å². The van der Waals surface area contributed by atoms with E-state index in [9.17, 15) is 0 Å². The van der Waals surface area contributed by atoms with Crippen molar-refractivity contribution in [1.82, 2.24) is 15.3 Å². The van der Waals surface area contributed by atoms with Crippen LogP contribution in [0.3, 0.4) is 0 Å². The van der Waals surface area contributed by atoms with Crippen LogP contribution in [0.15, 0.2) is 24.3 Å². The van der Waals surface area contributed by atoms with E-state index in [0.29, 0.717) is 22.8 Å². The number of piperidine rings is 1. The summed E-state index contributed by atoms with van der Waals surface area (Å²) in [6.45, 7) is 5.03. The van der Waals surface area contributed by atoms with Gasteiger partial charge in [0.25, 0.3) is 0 Å². The summed E-state index contributed by atoms with van der Waals surface area (Å²) in [5.41, 5.74) is 1.03. The number of halogens is 1. The lowest BCUT2D eigenvalue weighted by Crippen LogP contribution is -2.34. The van der Waals surface area contributed by atoms with Crippen LogP contribution in [0.4, 0.5) is 11.8 Å². The van der Waals surface area contributed by atoms with Crippen molar-refractivity contribution in [3.05, 3.63) is 35.0 Å². The fourth-order valence-corrected chi connectivity index (χ4v) is 3.58. The summed E-state index contributed by atoms with van der Waals surface area (Å²) >= 11 is 11.6. The first kappa shape index (κ1) is 19.0. The van der Waals surface area contributed by atoms with Gasteiger partial charge in [-0.1, -0.05) is 24.6 Å². The molecule has 28 heavy (non-hydrogen) atoms. The average molecular weight is 420 g/mol. The van der Waals surface area contributed by atoms with Crippen molar-refractivity contribution in [2.75, 3.05) is 30.1 Å². The van der Waals surface area contributed by atoms with Crippen LogP contribution >= 0.6 is 23.8 Å². The summed E-state index contributed by atoms with van der Waals surface area (Å²) in [6.07, 6.45) is 2.31. The zero-order valence-electron chi connectivity index (χ0n) is 15.6. The molecule has 1 aromatic heterocycles. The topological polar surface area (TPSA) is 71.5 Å². The van der Waals surface area contributed by atoms with Crippen molar-refractivity contribution >= 4 is 40.7 Å². The predicted octanol–water partition coefficient (Wildman–Crippen LogP) is 3.58. The Bertz CT molecular complexity index is 873. The van der Waals surface area contributed by atoms with Crippen molar-refractivity contribution in [3.8, 4) is 11.5 Å². The summed E-state index contributed by atoms with van der Waals surface area (Å²) < 4.78 is 10.7. The molecule has 0 unspecified atom stereocenters. The molecular weight excluding hydrogens is 398 g/mol. The number of anilines is 2. The summed E-state index contributed by atoms with van der Waals surface area (Å²) in [5, 5.41) is 7.00. The smallest absolute Gasteiger partial charge is 0.232 e. The van der Waals surface area contributed by atoms with E-state index in [0.717, 1.165) is 54.7 Å². The highest BCUT2D eigenvalue weighted by Crippen LogP contribution is 2.32. The summed E-state index contributed by atoms with van der Waals surface area (Å²) in [6, 6.07) is 7.59. The van der Waals surface area contributed by atoms with Crippen LogP contribution in [0.2, 0.25) is 5.15 Å². The monoisotopic (exact) mass is 419 g/mol. The Morgan fingerprint density at radius 3 is 2.82 bits per heavy atom. The van der Waals surface area contributed by atoms with E-state index >= 15 is 0 Å². The largest absolute Gasteiger partial charge is 0.454 e. The highest BCUT2D eigenvalue weighted by molar-refractivity contribution is 7.80. The van der Waals surface area contributed by atoms with E-state index in [1.165, 1.54) is 0 Å². The number of benzene rings is 1. The molecule has 2 N–H and O–H groups in total. The Balaban J connectivity index is 1.36. The second-order valence-corrected chi connectivity index (χ2v) is 7.83. The van der Waals surface area contributed by atoms with Crippen molar-refractivity contribution in [2.45, 2.75) is 26.3 Å². The molecule has 0 radical (unpaired) electrons. The van der Waals surface area contributed by atoms with Crippen LogP contribution in [0.1, 0.15) is 25.3 Å². The minimum Gasteiger partial charge on any atom is -0.454 e. The normalized spacial score (nSPS) is 16.1. The molecule has 9 heteroatoms. The van der Waals surface area contributed by atoms with Gasteiger partial charge >= 0.3 is 0 Å². The number of hydrogen-bond acceptors (Lipinski definition) is 6. The third kappa shape index (κ3) is 4.56. The molecule has 0 atom stereocenters. The lowest BCUT2D eigenvalue weighted by atomic mass is 9.99. The zero-order chi connectivity index (χ0) is 19.5. The van der Waals surface area contributed by atoms with Gasteiger partial charge in [-0.2, -0.15) is 4.98 Å². The van der Waals surface area contributed by atoms with Gasteiger partial charge in [-0.05, 0) is 48.7 Å². The number of nitrogens with one attached hydrogen (secondary N) is 2. The summed E-state index contributed by atoms with van der Waals surface area (Å²) in [4.78, 5) is 11.1. The molecule has 0 amide bonds. The fourth-order valence-electron chi connectivity index (χ4n) is 3.24. The first-order chi connectivity index (χ1) is 13.6. The molecule has 0 bridgehead atoms. The van der Waals surface area contributed by atoms with Crippen molar-refractivity contribution in [1.29, 1.82) is 0 Å². The van der Waals surface area contributed by atoms with E-state index in [2.05, 4.69) is 32.4 Å². The number of fused-ring (bicyclic) bond motifs is 1.